The molecule has 1 amide bonds. The molecule has 1 fully saturated rings. The Morgan fingerprint density at radius 2 is 1.69 bits per heavy atom. The third-order valence-electron chi connectivity index (χ3n) is 4.81. The van der Waals surface area contributed by atoms with Crippen molar-refractivity contribution < 1.29 is 13.2 Å². The van der Waals surface area contributed by atoms with Crippen LogP contribution >= 0.6 is 0 Å². The number of amides is 1. The quantitative estimate of drug-likeness (QED) is 0.663. The standard InChI is InChI=1S/C22H27N3O3S/c26-22(12-14-24-29(27,28)17-13-19-8-2-1-3-9-19)23-18-20-10-4-5-11-21(20)25-15-6-7-16-25/h1-5,8-11,13,17,24H,6-7,12,14-16,18H2,(H,23,26)/b17-13+. The topological polar surface area (TPSA) is 78.5 Å². The number of nitrogens with one attached hydrogen (secondary N) is 2. The van der Waals surface area contributed by atoms with Gasteiger partial charge >= 0.3 is 0 Å². The molecule has 29 heavy (non-hydrogen) atoms. The Hall–Kier alpha value is -2.64. The Labute approximate surface area is 172 Å². The van der Waals surface area contributed by atoms with Crippen molar-refractivity contribution in [3.05, 3.63) is 71.1 Å². The first kappa shape index (κ1) is 21.1. The molecular formula is C22H27N3O3S. The largest absolute Gasteiger partial charge is 0.371 e. The summed E-state index contributed by atoms with van der Waals surface area (Å²) in [6.45, 7) is 2.58. The molecule has 3 rings (SSSR count). The molecule has 0 radical (unpaired) electrons. The van der Waals surface area contributed by atoms with Crippen molar-refractivity contribution in [2.24, 2.45) is 0 Å². The number of rotatable bonds is 9. The molecule has 1 aliphatic heterocycles. The average molecular weight is 414 g/mol. The molecule has 0 unspecified atom stereocenters. The van der Waals surface area contributed by atoms with E-state index >= 15 is 0 Å². The molecule has 0 aromatic heterocycles. The van der Waals surface area contributed by atoms with E-state index in [1.807, 2.05) is 48.5 Å². The normalized spacial score (nSPS) is 14.4. The van der Waals surface area contributed by atoms with Gasteiger partial charge in [-0.05, 0) is 36.1 Å². The summed E-state index contributed by atoms with van der Waals surface area (Å²) in [5, 5.41) is 4.01. The monoisotopic (exact) mass is 413 g/mol. The Balaban J connectivity index is 1.44. The Morgan fingerprint density at radius 1 is 1.00 bits per heavy atom. The number of hydrogen-bond donors (Lipinski definition) is 2. The van der Waals surface area contributed by atoms with Gasteiger partial charge in [0.05, 0.1) is 0 Å². The van der Waals surface area contributed by atoms with Gasteiger partial charge in [0.2, 0.25) is 15.9 Å². The maximum Gasteiger partial charge on any atom is 0.233 e. The van der Waals surface area contributed by atoms with Crippen LogP contribution < -0.4 is 14.9 Å². The van der Waals surface area contributed by atoms with Gasteiger partial charge in [-0.2, -0.15) is 0 Å². The molecule has 7 heteroatoms. The van der Waals surface area contributed by atoms with E-state index in [2.05, 4.69) is 21.0 Å². The third-order valence-corrected chi connectivity index (χ3v) is 5.91. The van der Waals surface area contributed by atoms with Crippen LogP contribution in [0.3, 0.4) is 0 Å². The van der Waals surface area contributed by atoms with Crippen LogP contribution in [0.5, 0.6) is 0 Å². The first-order valence-electron chi connectivity index (χ1n) is 9.86. The number of carbonyl (C=O) groups excluding carboxylic acids is 1. The zero-order valence-corrected chi connectivity index (χ0v) is 17.2. The zero-order valence-electron chi connectivity index (χ0n) is 16.4. The van der Waals surface area contributed by atoms with Crippen molar-refractivity contribution in [2.75, 3.05) is 24.5 Å². The van der Waals surface area contributed by atoms with Gasteiger partial charge in [0.15, 0.2) is 0 Å². The second kappa shape index (κ2) is 10.2. The zero-order chi connectivity index (χ0) is 20.5. The Kier molecular flexibility index (Phi) is 7.43. The summed E-state index contributed by atoms with van der Waals surface area (Å²) in [6, 6.07) is 17.3. The lowest BCUT2D eigenvalue weighted by atomic mass is 10.1. The lowest BCUT2D eigenvalue weighted by Crippen LogP contribution is -2.30. The van der Waals surface area contributed by atoms with Gasteiger partial charge in [-0.3, -0.25) is 4.79 Å². The van der Waals surface area contributed by atoms with Gasteiger partial charge in [0.25, 0.3) is 0 Å². The predicted molar refractivity (Wildman–Crippen MR) is 117 cm³/mol. The van der Waals surface area contributed by atoms with Crippen LogP contribution in [-0.4, -0.2) is 34.0 Å². The van der Waals surface area contributed by atoms with Crippen molar-refractivity contribution >= 4 is 27.7 Å². The number of benzene rings is 2. The smallest absolute Gasteiger partial charge is 0.233 e. The van der Waals surface area contributed by atoms with Gasteiger partial charge in [-0.15, -0.1) is 0 Å². The minimum absolute atomic E-state index is 0.0566. The highest BCUT2D eigenvalue weighted by atomic mass is 32.2. The highest BCUT2D eigenvalue weighted by molar-refractivity contribution is 7.92. The van der Waals surface area contributed by atoms with Crippen LogP contribution in [0.4, 0.5) is 5.69 Å². The van der Waals surface area contributed by atoms with Crippen molar-refractivity contribution in [2.45, 2.75) is 25.8 Å². The first-order valence-corrected chi connectivity index (χ1v) is 11.4. The van der Waals surface area contributed by atoms with E-state index in [9.17, 15) is 13.2 Å². The third kappa shape index (κ3) is 6.73. The summed E-state index contributed by atoms with van der Waals surface area (Å²) in [5.41, 5.74) is 3.04. The predicted octanol–water partition coefficient (Wildman–Crippen LogP) is 2.88. The first-order chi connectivity index (χ1) is 14.0. The lowest BCUT2D eigenvalue weighted by Gasteiger charge is -2.21. The van der Waals surface area contributed by atoms with Gasteiger partial charge < -0.3 is 10.2 Å². The fourth-order valence-corrected chi connectivity index (χ4v) is 4.12. The number of para-hydroxylation sites is 1. The van der Waals surface area contributed by atoms with Crippen LogP contribution in [0.2, 0.25) is 0 Å². The Morgan fingerprint density at radius 3 is 2.45 bits per heavy atom. The van der Waals surface area contributed by atoms with E-state index in [0.29, 0.717) is 6.54 Å². The number of hydrogen-bond acceptors (Lipinski definition) is 4. The number of carbonyl (C=O) groups is 1. The van der Waals surface area contributed by atoms with Crippen LogP contribution in [0.25, 0.3) is 6.08 Å². The fraction of sp³-hybridized carbons (Fsp3) is 0.318. The lowest BCUT2D eigenvalue weighted by molar-refractivity contribution is -0.121. The molecule has 154 valence electrons. The van der Waals surface area contributed by atoms with E-state index in [4.69, 9.17) is 0 Å². The summed E-state index contributed by atoms with van der Waals surface area (Å²) in [5.74, 6) is -0.184. The SMILES string of the molecule is O=C(CCNS(=O)(=O)/C=C/c1ccccc1)NCc1ccccc1N1CCCC1. The van der Waals surface area contributed by atoms with Gasteiger partial charge in [0, 0.05) is 43.7 Å². The maximum absolute atomic E-state index is 12.1. The van der Waals surface area contributed by atoms with E-state index in [1.165, 1.54) is 18.9 Å². The Bertz CT molecular complexity index is 937. The van der Waals surface area contributed by atoms with E-state index in [0.717, 1.165) is 35.3 Å². The van der Waals surface area contributed by atoms with Crippen molar-refractivity contribution in [3.63, 3.8) is 0 Å². The molecule has 2 aromatic carbocycles. The van der Waals surface area contributed by atoms with E-state index in [1.54, 1.807) is 0 Å². The van der Waals surface area contributed by atoms with E-state index in [-0.39, 0.29) is 18.9 Å². The summed E-state index contributed by atoms with van der Waals surface area (Å²) in [7, 11) is -3.58. The summed E-state index contributed by atoms with van der Waals surface area (Å²) in [6.07, 6.45) is 4.00. The van der Waals surface area contributed by atoms with Crippen LogP contribution in [0.1, 0.15) is 30.4 Å². The molecule has 1 heterocycles. The molecule has 2 N–H and O–H groups in total. The molecular weight excluding hydrogens is 386 g/mol. The maximum atomic E-state index is 12.1. The molecule has 6 nitrogen and oxygen atoms in total. The average Bonchev–Trinajstić information content (AvgIpc) is 3.26. The molecule has 0 spiro atoms. The van der Waals surface area contributed by atoms with Crippen molar-refractivity contribution in [1.29, 1.82) is 0 Å². The van der Waals surface area contributed by atoms with Crippen LogP contribution in [0.15, 0.2) is 60.0 Å². The number of nitrogens with zero attached hydrogens (tertiary/aromatic N) is 1. The molecule has 0 aliphatic carbocycles. The second-order valence-corrected chi connectivity index (χ2v) is 8.65. The number of sulfonamides is 1. The highest BCUT2D eigenvalue weighted by Gasteiger charge is 2.15. The van der Waals surface area contributed by atoms with Crippen molar-refractivity contribution in [3.8, 4) is 0 Å². The molecule has 2 aromatic rings. The van der Waals surface area contributed by atoms with Crippen LogP contribution in [-0.2, 0) is 21.4 Å². The van der Waals surface area contributed by atoms with E-state index < -0.39 is 10.0 Å². The summed E-state index contributed by atoms with van der Waals surface area (Å²) >= 11 is 0. The summed E-state index contributed by atoms with van der Waals surface area (Å²) in [4.78, 5) is 14.5. The molecule has 0 saturated carbocycles. The fourth-order valence-electron chi connectivity index (χ4n) is 3.30. The number of anilines is 1. The minimum Gasteiger partial charge on any atom is -0.371 e. The van der Waals surface area contributed by atoms with Gasteiger partial charge in [-0.25, -0.2) is 13.1 Å². The van der Waals surface area contributed by atoms with Crippen LogP contribution in [0, 0.1) is 0 Å². The molecule has 1 saturated heterocycles. The molecule has 0 atom stereocenters. The second-order valence-electron chi connectivity index (χ2n) is 7.00. The highest BCUT2D eigenvalue weighted by Crippen LogP contribution is 2.24. The molecule has 1 aliphatic rings. The summed E-state index contributed by atoms with van der Waals surface area (Å²) < 4.78 is 26.5. The van der Waals surface area contributed by atoms with Crippen molar-refractivity contribution in [1.82, 2.24) is 10.0 Å². The van der Waals surface area contributed by atoms with Gasteiger partial charge in [0.1, 0.15) is 0 Å². The molecule has 0 bridgehead atoms. The van der Waals surface area contributed by atoms with Gasteiger partial charge in [-0.1, -0.05) is 48.5 Å². The minimum atomic E-state index is -3.58.